The smallest absolute Gasteiger partial charge is 0.0893 e. The Hall–Kier alpha value is -2.61. The molecule has 41 heavy (non-hydrogen) atoms. The molecular weight excluding hydrogens is 716 g/mol. The maximum Gasteiger partial charge on any atom is 0.0893 e. The number of hydrogen-bond donors (Lipinski definition) is 0. The largest absolute Gasteiger partial charge is 0.479 e. The van der Waals surface area contributed by atoms with Gasteiger partial charge in [0.2, 0.25) is 0 Å². The van der Waals surface area contributed by atoms with Crippen molar-refractivity contribution in [3.63, 3.8) is 0 Å². The summed E-state index contributed by atoms with van der Waals surface area (Å²) < 4.78 is 59.9. The van der Waals surface area contributed by atoms with Gasteiger partial charge in [0, 0.05) is 33.8 Å². The van der Waals surface area contributed by atoms with Crippen LogP contribution in [-0.4, -0.2) is 0 Å². The molecule has 0 aromatic heterocycles. The Morgan fingerprint density at radius 3 is 1.10 bits per heavy atom. The monoisotopic (exact) mass is 753 g/mol. The zero-order chi connectivity index (χ0) is 29.9. The normalized spacial score (nSPS) is 12.9. The molecule has 0 bridgehead atoms. The van der Waals surface area contributed by atoms with Crippen LogP contribution in [0.2, 0.25) is 0 Å². The predicted octanol–water partition coefficient (Wildman–Crippen LogP) is 10.3. The molecule has 2 nitrogen and oxygen atoms in total. The van der Waals surface area contributed by atoms with Crippen LogP contribution in [0, 0.1) is 41.8 Å². The van der Waals surface area contributed by atoms with Gasteiger partial charge in [-0.2, -0.15) is 0 Å². The number of nitrogens with zero attached hydrogens (tertiary/aromatic N) is 2. The molecule has 0 spiro atoms. The van der Waals surface area contributed by atoms with Crippen LogP contribution in [0.5, 0.6) is 0 Å². The van der Waals surface area contributed by atoms with Gasteiger partial charge in [0.05, 0.1) is 29.1 Å². The first-order chi connectivity index (χ1) is 18.8. The quantitative estimate of drug-likeness (QED) is 0.0814. The van der Waals surface area contributed by atoms with Crippen LogP contribution in [0.4, 0.5) is 33.3 Å². The third-order valence-electron chi connectivity index (χ3n) is 6.83. The van der Waals surface area contributed by atoms with Crippen molar-refractivity contribution in [1.29, 1.82) is 0 Å². The summed E-state index contributed by atoms with van der Waals surface area (Å²) in [4.78, 5) is 4.65. The minimum atomic E-state index is -2.17. The van der Waals surface area contributed by atoms with Gasteiger partial charge in [0.1, 0.15) is 0 Å². The van der Waals surface area contributed by atoms with Crippen LogP contribution in [-0.2, 0) is 22.4 Å². The van der Waals surface area contributed by atoms with Crippen molar-refractivity contribution in [1.82, 2.24) is 0 Å². The molecule has 8 heteroatoms. The molecule has 0 saturated carbocycles. The van der Waals surface area contributed by atoms with Crippen LogP contribution in [0.3, 0.4) is 0 Å². The standard InChI is InChI=1S/C27H37N2.C6F5.Au/c1-18(2)22-11-9-12-23(19(3)4)26(22)28-15-16-29(17-28)27-24(20(5)6)13-10-14-25(27)21(7)8;7-2-1-3(8)5(10)6(11)4(2)9;/h9-21H,1-8H3;;/q2*-1;. The minimum absolute atomic E-state index is 0. The average molecular weight is 754 g/mol. The number of para-hydroxylation sites is 2. The molecule has 0 saturated heterocycles. The number of rotatable bonds is 6. The van der Waals surface area contributed by atoms with Crippen molar-refractivity contribution in [3.8, 4) is 0 Å². The summed E-state index contributed by atoms with van der Waals surface area (Å²) in [6.07, 6.45) is 4.43. The maximum absolute atomic E-state index is 12.0. The summed E-state index contributed by atoms with van der Waals surface area (Å²) in [7, 11) is 0. The van der Waals surface area contributed by atoms with Crippen LogP contribution in [0.1, 0.15) is 101 Å². The van der Waals surface area contributed by atoms with Crippen molar-refractivity contribution >= 4 is 11.4 Å². The fourth-order valence-electron chi connectivity index (χ4n) is 4.73. The van der Waals surface area contributed by atoms with E-state index in [1.54, 1.807) is 0 Å². The van der Waals surface area contributed by atoms with E-state index in [9.17, 15) is 22.0 Å². The van der Waals surface area contributed by atoms with Crippen LogP contribution >= 0.6 is 0 Å². The number of benzene rings is 3. The van der Waals surface area contributed by atoms with Gasteiger partial charge in [-0.1, -0.05) is 91.8 Å². The Morgan fingerprint density at radius 1 is 0.537 bits per heavy atom. The third-order valence-corrected chi connectivity index (χ3v) is 6.83. The topological polar surface area (TPSA) is 6.48 Å². The second-order valence-corrected chi connectivity index (χ2v) is 11.1. The Bertz CT molecular complexity index is 1220. The summed E-state index contributed by atoms with van der Waals surface area (Å²) >= 11 is 0. The average Bonchev–Trinajstić information content (AvgIpc) is 3.39. The number of hydrogen-bond acceptors (Lipinski definition) is 2. The molecule has 227 valence electrons. The van der Waals surface area contributed by atoms with Crippen molar-refractivity contribution in [3.05, 3.63) is 113 Å². The van der Waals surface area contributed by atoms with Crippen LogP contribution in [0.15, 0.2) is 48.8 Å². The molecule has 1 radical (unpaired) electrons. The van der Waals surface area contributed by atoms with Crippen molar-refractivity contribution in [2.45, 2.75) is 79.1 Å². The molecule has 0 aliphatic carbocycles. The first-order valence-electron chi connectivity index (χ1n) is 13.5. The first kappa shape index (κ1) is 34.6. The van der Waals surface area contributed by atoms with Crippen molar-refractivity contribution in [2.75, 3.05) is 9.80 Å². The molecule has 1 heterocycles. The Balaban J connectivity index is 0.000000413. The van der Waals surface area contributed by atoms with Gasteiger partial charge in [0.15, 0.2) is 0 Å². The second kappa shape index (κ2) is 14.5. The summed E-state index contributed by atoms with van der Waals surface area (Å²) in [5.74, 6) is -8.13. The van der Waals surface area contributed by atoms with Gasteiger partial charge in [-0.15, -0.1) is 12.7 Å². The third kappa shape index (κ3) is 7.62. The molecule has 1 aliphatic rings. The number of anilines is 2. The van der Waals surface area contributed by atoms with E-state index in [-0.39, 0.29) is 22.4 Å². The summed E-state index contributed by atoms with van der Waals surface area (Å²) in [5.41, 5.74) is 8.29. The molecule has 1 aliphatic heterocycles. The molecule has 0 atom stereocenters. The Labute approximate surface area is 256 Å². The molecular formula is C33H37AuF5N2-2. The summed E-state index contributed by atoms with van der Waals surface area (Å²) in [6, 6.07) is 14.5. The minimum Gasteiger partial charge on any atom is -0.479 e. The molecule has 0 fully saturated rings. The van der Waals surface area contributed by atoms with Gasteiger partial charge in [0.25, 0.3) is 0 Å². The zero-order valence-corrected chi connectivity index (χ0v) is 26.8. The molecule has 0 N–H and O–H groups in total. The van der Waals surface area contributed by atoms with E-state index < -0.39 is 29.1 Å². The predicted molar refractivity (Wildman–Crippen MR) is 153 cm³/mol. The fraction of sp³-hybridized carbons (Fsp3) is 0.364. The van der Waals surface area contributed by atoms with E-state index in [0.717, 1.165) is 6.07 Å². The van der Waals surface area contributed by atoms with E-state index in [0.29, 0.717) is 23.7 Å². The van der Waals surface area contributed by atoms with Gasteiger partial charge in [-0.05, 0) is 58.3 Å². The Morgan fingerprint density at radius 2 is 0.829 bits per heavy atom. The molecule has 4 rings (SSSR count). The second-order valence-electron chi connectivity index (χ2n) is 11.1. The van der Waals surface area contributed by atoms with Gasteiger partial charge < -0.3 is 9.80 Å². The van der Waals surface area contributed by atoms with Gasteiger partial charge >= 0.3 is 0 Å². The van der Waals surface area contributed by atoms with Crippen LogP contribution < -0.4 is 9.80 Å². The fourth-order valence-corrected chi connectivity index (χ4v) is 4.73. The molecule has 0 unspecified atom stereocenters. The first-order valence-corrected chi connectivity index (χ1v) is 13.5. The Kier molecular flexibility index (Phi) is 12.3. The van der Waals surface area contributed by atoms with Crippen molar-refractivity contribution < 1.29 is 44.3 Å². The van der Waals surface area contributed by atoms with E-state index in [1.807, 2.05) is 0 Å². The summed E-state index contributed by atoms with van der Waals surface area (Å²) in [5, 5.41) is 0. The number of halogens is 5. The van der Waals surface area contributed by atoms with Gasteiger partial charge in [-0.25, -0.2) is 13.2 Å². The van der Waals surface area contributed by atoms with E-state index in [4.69, 9.17) is 0 Å². The molecule has 3 aromatic rings. The van der Waals surface area contributed by atoms with Crippen molar-refractivity contribution in [2.24, 2.45) is 0 Å². The van der Waals surface area contributed by atoms with Gasteiger partial charge in [-0.3, -0.25) is 8.78 Å². The van der Waals surface area contributed by atoms with E-state index in [1.165, 1.54) is 33.6 Å². The summed E-state index contributed by atoms with van der Waals surface area (Å²) in [6.45, 7) is 20.5. The maximum atomic E-state index is 12.0. The molecule has 3 aromatic carbocycles. The van der Waals surface area contributed by atoms with E-state index >= 15 is 0 Å². The SMILES string of the molecule is CC(C)c1cccc(C(C)C)c1N1C=CN(c2c(C(C)C)cccc2C(C)C)[CH-]1.Fc1[c-]c(F)c(F)c(F)c1F.[Au]. The van der Waals surface area contributed by atoms with Crippen LogP contribution in [0.25, 0.3) is 0 Å². The zero-order valence-electron chi connectivity index (χ0n) is 24.6. The molecule has 0 amide bonds. The van der Waals surface area contributed by atoms with E-state index in [2.05, 4.69) is 121 Å².